The lowest BCUT2D eigenvalue weighted by Gasteiger charge is -2.20. The number of hydrogen-bond donors (Lipinski definition) is 1. The lowest BCUT2D eigenvalue weighted by molar-refractivity contribution is 0.765. The molecule has 2 aromatic heterocycles. The second kappa shape index (κ2) is 6.41. The van der Waals surface area contributed by atoms with Crippen LogP contribution in [0.3, 0.4) is 0 Å². The Bertz CT molecular complexity index is 527. The lowest BCUT2D eigenvalue weighted by Crippen LogP contribution is -2.22. The SMILES string of the molecule is CCN(CC)c1ccc(NC(C)c2cnn(C)c2)cn1. The van der Waals surface area contributed by atoms with Gasteiger partial charge in [0.15, 0.2) is 0 Å². The van der Waals surface area contributed by atoms with Gasteiger partial charge in [-0.2, -0.15) is 5.10 Å². The fourth-order valence-corrected chi connectivity index (χ4v) is 2.20. The van der Waals surface area contributed by atoms with E-state index in [9.17, 15) is 0 Å². The van der Waals surface area contributed by atoms with Crippen LogP contribution in [0.15, 0.2) is 30.7 Å². The standard InChI is InChI=1S/C15H23N5/c1-5-20(6-2)15-8-7-14(10-16-15)18-12(3)13-9-17-19(4)11-13/h7-12,18H,5-6H2,1-4H3. The van der Waals surface area contributed by atoms with Crippen molar-refractivity contribution in [2.75, 3.05) is 23.3 Å². The molecule has 0 aliphatic carbocycles. The molecular formula is C15H23N5. The molecule has 2 aromatic rings. The quantitative estimate of drug-likeness (QED) is 0.879. The van der Waals surface area contributed by atoms with Crippen LogP contribution in [0.5, 0.6) is 0 Å². The molecule has 0 fully saturated rings. The van der Waals surface area contributed by atoms with Crippen molar-refractivity contribution in [2.45, 2.75) is 26.8 Å². The van der Waals surface area contributed by atoms with Gasteiger partial charge in [-0.05, 0) is 32.9 Å². The van der Waals surface area contributed by atoms with Gasteiger partial charge in [-0.1, -0.05) is 0 Å². The maximum Gasteiger partial charge on any atom is 0.128 e. The van der Waals surface area contributed by atoms with Crippen LogP contribution in [0.1, 0.15) is 32.4 Å². The lowest BCUT2D eigenvalue weighted by atomic mass is 10.2. The summed E-state index contributed by atoms with van der Waals surface area (Å²) < 4.78 is 1.81. The maximum absolute atomic E-state index is 4.52. The summed E-state index contributed by atoms with van der Waals surface area (Å²) in [7, 11) is 1.93. The van der Waals surface area contributed by atoms with E-state index in [1.54, 1.807) is 0 Å². The number of pyridine rings is 1. The summed E-state index contributed by atoms with van der Waals surface area (Å²) >= 11 is 0. The van der Waals surface area contributed by atoms with E-state index >= 15 is 0 Å². The first-order chi connectivity index (χ1) is 9.63. The molecule has 2 rings (SSSR count). The van der Waals surface area contributed by atoms with Gasteiger partial charge in [0.1, 0.15) is 5.82 Å². The largest absolute Gasteiger partial charge is 0.377 e. The molecule has 1 unspecified atom stereocenters. The van der Waals surface area contributed by atoms with Crippen molar-refractivity contribution in [3.8, 4) is 0 Å². The van der Waals surface area contributed by atoms with Gasteiger partial charge in [-0.15, -0.1) is 0 Å². The molecule has 0 amide bonds. The molecule has 5 nitrogen and oxygen atoms in total. The minimum absolute atomic E-state index is 0.213. The first kappa shape index (κ1) is 14.4. The number of aromatic nitrogens is 3. The highest BCUT2D eigenvalue weighted by molar-refractivity contribution is 5.49. The first-order valence-corrected chi connectivity index (χ1v) is 7.10. The number of rotatable bonds is 6. The third-order valence-corrected chi connectivity index (χ3v) is 3.44. The second-order valence-electron chi connectivity index (χ2n) is 4.89. The summed E-state index contributed by atoms with van der Waals surface area (Å²) in [6.45, 7) is 8.35. The number of nitrogens with one attached hydrogen (secondary N) is 1. The molecule has 0 radical (unpaired) electrons. The minimum atomic E-state index is 0.213. The maximum atomic E-state index is 4.52. The van der Waals surface area contributed by atoms with Crippen LogP contribution in [0.4, 0.5) is 11.5 Å². The van der Waals surface area contributed by atoms with E-state index in [1.165, 1.54) is 5.56 Å². The van der Waals surface area contributed by atoms with E-state index in [2.05, 4.69) is 53.2 Å². The Morgan fingerprint density at radius 2 is 2.00 bits per heavy atom. The normalized spacial score (nSPS) is 12.2. The minimum Gasteiger partial charge on any atom is -0.377 e. The van der Waals surface area contributed by atoms with Gasteiger partial charge in [0.05, 0.1) is 24.1 Å². The zero-order valence-electron chi connectivity index (χ0n) is 12.7. The molecule has 0 aliphatic rings. The van der Waals surface area contributed by atoms with Crippen LogP contribution in [-0.4, -0.2) is 27.9 Å². The highest BCUT2D eigenvalue weighted by Gasteiger charge is 2.08. The van der Waals surface area contributed by atoms with Crippen LogP contribution < -0.4 is 10.2 Å². The Hall–Kier alpha value is -2.04. The highest BCUT2D eigenvalue weighted by atomic mass is 15.2. The number of nitrogens with zero attached hydrogens (tertiary/aromatic N) is 4. The molecule has 0 saturated carbocycles. The zero-order valence-corrected chi connectivity index (χ0v) is 12.7. The third kappa shape index (κ3) is 3.29. The summed E-state index contributed by atoms with van der Waals surface area (Å²) in [5.41, 5.74) is 2.19. The predicted octanol–water partition coefficient (Wildman–Crippen LogP) is 2.83. The van der Waals surface area contributed by atoms with E-state index in [4.69, 9.17) is 0 Å². The summed E-state index contributed by atoms with van der Waals surface area (Å²) in [4.78, 5) is 6.75. The Labute approximate surface area is 120 Å². The molecule has 0 spiro atoms. The molecule has 0 aliphatic heterocycles. The van der Waals surface area contributed by atoms with E-state index in [1.807, 2.05) is 30.3 Å². The van der Waals surface area contributed by atoms with E-state index in [0.29, 0.717) is 0 Å². The van der Waals surface area contributed by atoms with Crippen LogP contribution in [-0.2, 0) is 7.05 Å². The molecule has 0 bridgehead atoms. The molecule has 0 saturated heterocycles. The van der Waals surface area contributed by atoms with Crippen molar-refractivity contribution in [1.82, 2.24) is 14.8 Å². The molecule has 1 atom stereocenters. The molecular weight excluding hydrogens is 250 g/mol. The van der Waals surface area contributed by atoms with E-state index in [0.717, 1.165) is 24.6 Å². The Morgan fingerprint density at radius 3 is 2.50 bits per heavy atom. The molecule has 1 N–H and O–H groups in total. The summed E-state index contributed by atoms with van der Waals surface area (Å²) in [6.07, 6.45) is 5.80. The predicted molar refractivity (Wildman–Crippen MR) is 83.0 cm³/mol. The van der Waals surface area contributed by atoms with Crippen molar-refractivity contribution in [3.05, 3.63) is 36.3 Å². The first-order valence-electron chi connectivity index (χ1n) is 7.10. The molecule has 108 valence electrons. The molecule has 20 heavy (non-hydrogen) atoms. The summed E-state index contributed by atoms with van der Waals surface area (Å²) in [6, 6.07) is 4.35. The fraction of sp³-hybridized carbons (Fsp3) is 0.467. The topological polar surface area (TPSA) is 46.0 Å². The molecule has 5 heteroatoms. The number of hydrogen-bond acceptors (Lipinski definition) is 4. The van der Waals surface area contributed by atoms with Crippen LogP contribution in [0, 0.1) is 0 Å². The Kier molecular flexibility index (Phi) is 4.61. The summed E-state index contributed by atoms with van der Waals surface area (Å²) in [5, 5.41) is 7.63. The van der Waals surface area contributed by atoms with Gasteiger partial charge < -0.3 is 10.2 Å². The van der Waals surface area contributed by atoms with E-state index < -0.39 is 0 Å². The van der Waals surface area contributed by atoms with Crippen molar-refractivity contribution in [2.24, 2.45) is 7.05 Å². The Morgan fingerprint density at radius 1 is 1.25 bits per heavy atom. The second-order valence-corrected chi connectivity index (χ2v) is 4.89. The third-order valence-electron chi connectivity index (χ3n) is 3.44. The molecule has 2 heterocycles. The van der Waals surface area contributed by atoms with Gasteiger partial charge in [0, 0.05) is 31.9 Å². The monoisotopic (exact) mass is 273 g/mol. The van der Waals surface area contributed by atoms with Crippen molar-refractivity contribution >= 4 is 11.5 Å². The van der Waals surface area contributed by atoms with Crippen molar-refractivity contribution < 1.29 is 0 Å². The van der Waals surface area contributed by atoms with Crippen LogP contribution >= 0.6 is 0 Å². The number of aryl methyl sites for hydroxylation is 1. The van der Waals surface area contributed by atoms with Crippen molar-refractivity contribution in [1.29, 1.82) is 0 Å². The summed E-state index contributed by atoms with van der Waals surface area (Å²) in [5.74, 6) is 1.02. The van der Waals surface area contributed by atoms with Crippen LogP contribution in [0.2, 0.25) is 0 Å². The van der Waals surface area contributed by atoms with Gasteiger partial charge >= 0.3 is 0 Å². The smallest absolute Gasteiger partial charge is 0.128 e. The number of anilines is 2. The van der Waals surface area contributed by atoms with Crippen LogP contribution in [0.25, 0.3) is 0 Å². The van der Waals surface area contributed by atoms with E-state index in [-0.39, 0.29) is 6.04 Å². The van der Waals surface area contributed by atoms with Gasteiger partial charge in [-0.25, -0.2) is 4.98 Å². The average molecular weight is 273 g/mol. The van der Waals surface area contributed by atoms with Gasteiger partial charge in [0.2, 0.25) is 0 Å². The average Bonchev–Trinajstić information content (AvgIpc) is 2.89. The van der Waals surface area contributed by atoms with Gasteiger partial charge in [-0.3, -0.25) is 4.68 Å². The fourth-order valence-electron chi connectivity index (χ4n) is 2.20. The highest BCUT2D eigenvalue weighted by Crippen LogP contribution is 2.19. The Balaban J connectivity index is 2.03. The van der Waals surface area contributed by atoms with Crippen molar-refractivity contribution in [3.63, 3.8) is 0 Å². The molecule has 0 aromatic carbocycles. The van der Waals surface area contributed by atoms with Gasteiger partial charge in [0.25, 0.3) is 0 Å². The zero-order chi connectivity index (χ0) is 14.5.